The Labute approximate surface area is 121 Å². The van der Waals surface area contributed by atoms with Crippen LogP contribution in [0.1, 0.15) is 26.2 Å². The van der Waals surface area contributed by atoms with Crippen LogP contribution < -0.4 is 10.6 Å². The molecule has 1 saturated heterocycles. The van der Waals surface area contributed by atoms with E-state index in [-0.39, 0.29) is 5.54 Å². The van der Waals surface area contributed by atoms with Crippen LogP contribution in [0.4, 0.5) is 5.69 Å². The van der Waals surface area contributed by atoms with Crippen molar-refractivity contribution >= 4 is 11.6 Å². The van der Waals surface area contributed by atoms with Crippen molar-refractivity contribution in [3.8, 4) is 0 Å². The summed E-state index contributed by atoms with van der Waals surface area (Å²) in [4.78, 5) is 9.38. The second-order valence-electron chi connectivity index (χ2n) is 5.86. The van der Waals surface area contributed by atoms with Gasteiger partial charge in [-0.25, -0.2) is 0 Å². The second-order valence-corrected chi connectivity index (χ2v) is 5.86. The van der Waals surface area contributed by atoms with Crippen molar-refractivity contribution < 1.29 is 0 Å². The molecule has 2 N–H and O–H groups in total. The van der Waals surface area contributed by atoms with E-state index in [1.807, 2.05) is 6.07 Å². The number of nitrogens with two attached hydrogens (primary N) is 1. The first-order chi connectivity index (χ1) is 9.75. The number of rotatable bonds is 2. The van der Waals surface area contributed by atoms with Crippen LogP contribution in [-0.2, 0) is 0 Å². The molecule has 2 heterocycles. The number of aliphatic imine (C=N–C) groups is 1. The summed E-state index contributed by atoms with van der Waals surface area (Å²) in [5, 5.41) is 0. The van der Waals surface area contributed by atoms with Crippen molar-refractivity contribution in [3.05, 3.63) is 30.3 Å². The molecule has 0 saturated carbocycles. The van der Waals surface area contributed by atoms with Gasteiger partial charge in [-0.2, -0.15) is 0 Å². The Morgan fingerprint density at radius 2 is 2.00 bits per heavy atom. The lowest BCUT2D eigenvalue weighted by molar-refractivity contribution is 0.292. The molecular weight excluding hydrogens is 248 g/mol. The van der Waals surface area contributed by atoms with Crippen LogP contribution >= 0.6 is 0 Å². The van der Waals surface area contributed by atoms with Gasteiger partial charge in [0, 0.05) is 12.2 Å². The van der Waals surface area contributed by atoms with Gasteiger partial charge in [-0.3, -0.25) is 4.99 Å². The minimum absolute atomic E-state index is 0.0926. The van der Waals surface area contributed by atoms with E-state index in [1.54, 1.807) is 0 Å². The van der Waals surface area contributed by atoms with Crippen molar-refractivity contribution in [2.45, 2.75) is 31.7 Å². The highest BCUT2D eigenvalue weighted by molar-refractivity contribution is 5.98. The molecule has 1 atom stereocenters. The largest absolute Gasteiger partial charge is 0.369 e. The van der Waals surface area contributed by atoms with Crippen LogP contribution in [-0.4, -0.2) is 42.6 Å². The van der Waals surface area contributed by atoms with Crippen molar-refractivity contribution in [1.82, 2.24) is 4.90 Å². The summed E-state index contributed by atoms with van der Waals surface area (Å²) in [7, 11) is 0. The number of hydrogen-bond acceptors (Lipinski definition) is 4. The van der Waals surface area contributed by atoms with E-state index >= 15 is 0 Å². The van der Waals surface area contributed by atoms with Gasteiger partial charge in [0.05, 0.1) is 12.1 Å². The summed E-state index contributed by atoms with van der Waals surface area (Å²) in [6, 6.07) is 10.5. The highest BCUT2D eigenvalue weighted by Crippen LogP contribution is 2.36. The molecule has 1 unspecified atom stereocenters. The monoisotopic (exact) mass is 272 g/mol. The molecule has 4 heteroatoms. The van der Waals surface area contributed by atoms with E-state index in [1.165, 1.54) is 25.1 Å². The molecule has 0 radical (unpaired) electrons. The molecule has 1 spiro atoms. The summed E-state index contributed by atoms with van der Waals surface area (Å²) in [5.74, 6) is 0.682. The summed E-state index contributed by atoms with van der Waals surface area (Å²) >= 11 is 0. The zero-order chi connectivity index (χ0) is 14.0. The highest BCUT2D eigenvalue weighted by Gasteiger charge is 2.43. The van der Waals surface area contributed by atoms with E-state index in [0.29, 0.717) is 5.96 Å². The smallest absolute Gasteiger partial charge is 0.196 e. The van der Waals surface area contributed by atoms with Crippen molar-refractivity contribution in [2.24, 2.45) is 10.7 Å². The standard InChI is InChI=1S/C16H24N4/c1-2-19-11-6-9-16(10-12-19)13-18-15(17)20(16)14-7-4-3-5-8-14/h3-5,7-8H,2,6,9-13H2,1H3,(H2,17,18). The maximum Gasteiger partial charge on any atom is 0.196 e. The Bertz CT molecular complexity index is 485. The molecule has 108 valence electrons. The lowest BCUT2D eigenvalue weighted by Gasteiger charge is -2.38. The van der Waals surface area contributed by atoms with Crippen molar-refractivity contribution in [1.29, 1.82) is 0 Å². The van der Waals surface area contributed by atoms with Gasteiger partial charge >= 0.3 is 0 Å². The Morgan fingerprint density at radius 3 is 2.75 bits per heavy atom. The lowest BCUT2D eigenvalue weighted by atomic mass is 9.89. The Balaban J connectivity index is 1.88. The zero-order valence-electron chi connectivity index (χ0n) is 12.3. The Kier molecular flexibility index (Phi) is 3.66. The Morgan fingerprint density at radius 1 is 1.20 bits per heavy atom. The predicted molar refractivity (Wildman–Crippen MR) is 84.1 cm³/mol. The van der Waals surface area contributed by atoms with Crippen LogP contribution in [0, 0.1) is 0 Å². The van der Waals surface area contributed by atoms with Gasteiger partial charge in [0.2, 0.25) is 0 Å². The first-order valence-corrected chi connectivity index (χ1v) is 7.63. The number of para-hydroxylation sites is 1. The first kappa shape index (κ1) is 13.4. The van der Waals surface area contributed by atoms with Crippen LogP contribution in [0.5, 0.6) is 0 Å². The number of benzene rings is 1. The summed E-state index contributed by atoms with van der Waals surface area (Å²) in [5.41, 5.74) is 7.47. The van der Waals surface area contributed by atoms with Crippen LogP contribution in [0.3, 0.4) is 0 Å². The molecule has 0 bridgehead atoms. The normalized spacial score (nSPS) is 27.6. The fraction of sp³-hybridized carbons (Fsp3) is 0.562. The van der Waals surface area contributed by atoms with Gasteiger partial charge in [-0.1, -0.05) is 25.1 Å². The molecule has 3 rings (SSSR count). The van der Waals surface area contributed by atoms with Crippen LogP contribution in [0.15, 0.2) is 35.3 Å². The first-order valence-electron chi connectivity index (χ1n) is 7.63. The van der Waals surface area contributed by atoms with E-state index in [4.69, 9.17) is 5.73 Å². The number of nitrogens with zero attached hydrogens (tertiary/aromatic N) is 3. The van der Waals surface area contributed by atoms with Gasteiger partial charge in [-0.05, 0) is 44.5 Å². The fourth-order valence-electron chi connectivity index (χ4n) is 3.53. The van der Waals surface area contributed by atoms with E-state index in [0.717, 1.165) is 26.1 Å². The molecule has 2 aliphatic heterocycles. The number of anilines is 1. The van der Waals surface area contributed by atoms with Gasteiger partial charge < -0.3 is 15.5 Å². The van der Waals surface area contributed by atoms with E-state index in [2.05, 4.69) is 46.0 Å². The third-order valence-corrected chi connectivity index (χ3v) is 4.71. The minimum Gasteiger partial charge on any atom is -0.369 e. The van der Waals surface area contributed by atoms with E-state index < -0.39 is 0 Å². The number of hydrogen-bond donors (Lipinski definition) is 1. The number of guanidine groups is 1. The predicted octanol–water partition coefficient (Wildman–Crippen LogP) is 2.07. The van der Waals surface area contributed by atoms with Gasteiger partial charge in [0.1, 0.15) is 0 Å². The fourth-order valence-corrected chi connectivity index (χ4v) is 3.53. The molecule has 0 aliphatic carbocycles. The quantitative estimate of drug-likeness (QED) is 0.896. The molecule has 1 aromatic rings. The minimum atomic E-state index is 0.0926. The third-order valence-electron chi connectivity index (χ3n) is 4.71. The summed E-state index contributed by atoms with van der Waals surface area (Å²) in [6.45, 7) is 6.55. The summed E-state index contributed by atoms with van der Waals surface area (Å²) in [6.07, 6.45) is 3.53. The van der Waals surface area contributed by atoms with Crippen LogP contribution in [0.25, 0.3) is 0 Å². The molecule has 0 aromatic heterocycles. The van der Waals surface area contributed by atoms with Gasteiger partial charge in [-0.15, -0.1) is 0 Å². The van der Waals surface area contributed by atoms with Gasteiger partial charge in [0.15, 0.2) is 5.96 Å². The van der Waals surface area contributed by atoms with Crippen molar-refractivity contribution in [3.63, 3.8) is 0 Å². The molecule has 20 heavy (non-hydrogen) atoms. The molecule has 2 aliphatic rings. The molecule has 1 fully saturated rings. The lowest BCUT2D eigenvalue weighted by Crippen LogP contribution is -2.52. The SMILES string of the molecule is CCN1CCCC2(CC1)CN=C(N)N2c1ccccc1. The maximum atomic E-state index is 6.20. The number of likely N-dealkylation sites (tertiary alicyclic amines) is 1. The van der Waals surface area contributed by atoms with Gasteiger partial charge in [0.25, 0.3) is 0 Å². The maximum absolute atomic E-state index is 6.20. The average molecular weight is 272 g/mol. The molecule has 1 aromatic carbocycles. The zero-order valence-corrected chi connectivity index (χ0v) is 12.3. The molecular formula is C16H24N4. The average Bonchev–Trinajstić information content (AvgIpc) is 2.67. The van der Waals surface area contributed by atoms with Crippen LogP contribution in [0.2, 0.25) is 0 Å². The second kappa shape index (κ2) is 5.44. The Hall–Kier alpha value is -1.55. The summed E-state index contributed by atoms with van der Waals surface area (Å²) < 4.78 is 0. The van der Waals surface area contributed by atoms with Crippen molar-refractivity contribution in [2.75, 3.05) is 31.1 Å². The highest BCUT2D eigenvalue weighted by atomic mass is 15.4. The third kappa shape index (κ3) is 2.29. The van der Waals surface area contributed by atoms with E-state index in [9.17, 15) is 0 Å². The molecule has 4 nitrogen and oxygen atoms in total. The molecule has 0 amide bonds. The topological polar surface area (TPSA) is 44.9 Å².